The average Bonchev–Trinajstić information content (AvgIpc) is 2.76. The zero-order chi connectivity index (χ0) is 24.1. The SMILES string of the molecule is CC.CCCN(c1ccccc1-c1cc(C)ccc1O)c1cc(C)cc(C(C)(C)C)c1O. The van der Waals surface area contributed by atoms with E-state index in [1.54, 1.807) is 6.07 Å². The predicted octanol–water partition coefficient (Wildman–Crippen LogP) is 8.25. The highest BCUT2D eigenvalue weighted by Gasteiger charge is 2.25. The van der Waals surface area contributed by atoms with Crippen molar-refractivity contribution in [2.75, 3.05) is 11.4 Å². The molecule has 0 spiro atoms. The second kappa shape index (κ2) is 10.6. The number of hydrogen-bond donors (Lipinski definition) is 2. The van der Waals surface area contributed by atoms with E-state index in [1.807, 2.05) is 57.2 Å². The molecule has 0 aromatic heterocycles. The summed E-state index contributed by atoms with van der Waals surface area (Å²) in [6.45, 7) is 17.3. The van der Waals surface area contributed by atoms with Crippen LogP contribution in [0.4, 0.5) is 11.4 Å². The van der Waals surface area contributed by atoms with Crippen molar-refractivity contribution >= 4 is 11.4 Å². The van der Waals surface area contributed by atoms with E-state index < -0.39 is 0 Å². The predicted molar refractivity (Wildman–Crippen MR) is 138 cm³/mol. The lowest BCUT2D eigenvalue weighted by molar-refractivity contribution is 0.446. The van der Waals surface area contributed by atoms with Crippen LogP contribution in [-0.2, 0) is 5.41 Å². The molecule has 32 heavy (non-hydrogen) atoms. The van der Waals surface area contributed by atoms with Crippen molar-refractivity contribution < 1.29 is 10.2 Å². The van der Waals surface area contributed by atoms with E-state index in [1.165, 1.54) is 0 Å². The number of anilines is 2. The Kier molecular flexibility index (Phi) is 8.38. The number of para-hydroxylation sites is 1. The number of benzene rings is 3. The molecule has 0 atom stereocenters. The van der Waals surface area contributed by atoms with Gasteiger partial charge in [0, 0.05) is 28.9 Å². The first-order valence-corrected chi connectivity index (χ1v) is 11.6. The highest BCUT2D eigenvalue weighted by molar-refractivity contribution is 5.86. The Labute approximate surface area is 194 Å². The number of hydrogen-bond acceptors (Lipinski definition) is 3. The smallest absolute Gasteiger partial charge is 0.142 e. The quantitative estimate of drug-likeness (QED) is 0.425. The second-order valence-electron chi connectivity index (χ2n) is 9.12. The fraction of sp³-hybridized carbons (Fsp3) is 0.379. The summed E-state index contributed by atoms with van der Waals surface area (Å²) >= 11 is 0. The third-order valence-corrected chi connectivity index (χ3v) is 5.42. The monoisotopic (exact) mass is 433 g/mol. The van der Waals surface area contributed by atoms with E-state index in [2.05, 4.69) is 51.7 Å². The van der Waals surface area contributed by atoms with Crippen LogP contribution in [0.3, 0.4) is 0 Å². The fourth-order valence-electron chi connectivity index (χ4n) is 3.93. The van der Waals surface area contributed by atoms with E-state index in [0.29, 0.717) is 5.75 Å². The lowest BCUT2D eigenvalue weighted by Crippen LogP contribution is -2.21. The van der Waals surface area contributed by atoms with Crippen LogP contribution in [0.1, 0.15) is 64.7 Å². The normalized spacial score (nSPS) is 11.0. The second-order valence-corrected chi connectivity index (χ2v) is 9.12. The van der Waals surface area contributed by atoms with Gasteiger partial charge in [0.25, 0.3) is 0 Å². The van der Waals surface area contributed by atoms with E-state index in [-0.39, 0.29) is 11.2 Å². The summed E-state index contributed by atoms with van der Waals surface area (Å²) in [7, 11) is 0. The molecule has 3 nitrogen and oxygen atoms in total. The summed E-state index contributed by atoms with van der Waals surface area (Å²) in [6, 6.07) is 17.9. The molecule has 3 rings (SSSR count). The zero-order valence-electron chi connectivity index (χ0n) is 21.0. The van der Waals surface area contributed by atoms with Crippen LogP contribution >= 0.6 is 0 Å². The van der Waals surface area contributed by atoms with E-state index in [4.69, 9.17) is 0 Å². The summed E-state index contributed by atoms with van der Waals surface area (Å²) in [4.78, 5) is 2.18. The van der Waals surface area contributed by atoms with Crippen LogP contribution in [0, 0.1) is 13.8 Å². The fourth-order valence-corrected chi connectivity index (χ4v) is 3.93. The maximum atomic E-state index is 11.3. The maximum absolute atomic E-state index is 11.3. The third kappa shape index (κ3) is 5.45. The summed E-state index contributed by atoms with van der Waals surface area (Å²) in [6.07, 6.45) is 0.923. The highest BCUT2D eigenvalue weighted by Crippen LogP contribution is 2.45. The Bertz CT molecular complexity index is 1050. The highest BCUT2D eigenvalue weighted by atomic mass is 16.3. The van der Waals surface area contributed by atoms with E-state index in [9.17, 15) is 10.2 Å². The number of rotatable bonds is 5. The minimum Gasteiger partial charge on any atom is -0.507 e. The number of phenols is 2. The van der Waals surface area contributed by atoms with Crippen molar-refractivity contribution in [3.8, 4) is 22.6 Å². The van der Waals surface area contributed by atoms with Crippen molar-refractivity contribution in [2.45, 2.75) is 67.2 Å². The third-order valence-electron chi connectivity index (χ3n) is 5.42. The first-order chi connectivity index (χ1) is 15.1. The van der Waals surface area contributed by atoms with Crippen LogP contribution in [0.5, 0.6) is 11.5 Å². The van der Waals surface area contributed by atoms with Crippen LogP contribution in [0.25, 0.3) is 11.1 Å². The molecular formula is C29H39NO2. The summed E-state index contributed by atoms with van der Waals surface area (Å²) < 4.78 is 0. The largest absolute Gasteiger partial charge is 0.507 e. The molecule has 0 saturated carbocycles. The first-order valence-electron chi connectivity index (χ1n) is 11.6. The molecule has 172 valence electrons. The Hall–Kier alpha value is -2.94. The lowest BCUT2D eigenvalue weighted by Gasteiger charge is -2.31. The Morgan fingerprint density at radius 3 is 2.06 bits per heavy atom. The molecule has 0 bridgehead atoms. The maximum Gasteiger partial charge on any atom is 0.142 e. The van der Waals surface area contributed by atoms with Gasteiger partial charge in [-0.3, -0.25) is 0 Å². The van der Waals surface area contributed by atoms with Gasteiger partial charge < -0.3 is 15.1 Å². The van der Waals surface area contributed by atoms with Gasteiger partial charge in [0.05, 0.1) is 5.69 Å². The number of aromatic hydroxyl groups is 2. The molecule has 0 aliphatic carbocycles. The topological polar surface area (TPSA) is 43.7 Å². The molecule has 0 saturated heterocycles. The van der Waals surface area contributed by atoms with Crippen LogP contribution in [-0.4, -0.2) is 16.8 Å². The van der Waals surface area contributed by atoms with Gasteiger partial charge in [-0.15, -0.1) is 0 Å². The first kappa shape index (κ1) is 25.3. The van der Waals surface area contributed by atoms with Crippen LogP contribution < -0.4 is 4.90 Å². The average molecular weight is 434 g/mol. The molecule has 0 fully saturated rings. The summed E-state index contributed by atoms with van der Waals surface area (Å²) in [5, 5.41) is 21.9. The molecule has 0 heterocycles. The lowest BCUT2D eigenvalue weighted by atomic mass is 9.84. The molecule has 3 aromatic rings. The van der Waals surface area contributed by atoms with Crippen molar-refractivity contribution in [1.29, 1.82) is 0 Å². The van der Waals surface area contributed by atoms with Crippen LogP contribution in [0.15, 0.2) is 54.6 Å². The molecule has 3 aromatic carbocycles. The van der Waals surface area contributed by atoms with Gasteiger partial charge in [-0.2, -0.15) is 0 Å². The molecule has 0 amide bonds. The zero-order valence-corrected chi connectivity index (χ0v) is 21.0. The molecule has 0 radical (unpaired) electrons. The molecule has 3 heteroatoms. The molecule has 0 aliphatic rings. The Morgan fingerprint density at radius 2 is 1.44 bits per heavy atom. The van der Waals surface area contributed by atoms with E-state index >= 15 is 0 Å². The van der Waals surface area contributed by atoms with Crippen molar-refractivity contribution in [3.63, 3.8) is 0 Å². The van der Waals surface area contributed by atoms with Gasteiger partial charge in [-0.05, 0) is 55.5 Å². The van der Waals surface area contributed by atoms with Crippen molar-refractivity contribution in [1.82, 2.24) is 0 Å². The Balaban J connectivity index is 0.00000176. The number of phenolic OH excluding ortho intramolecular Hbond substituents is 2. The van der Waals surface area contributed by atoms with Gasteiger partial charge >= 0.3 is 0 Å². The van der Waals surface area contributed by atoms with Gasteiger partial charge in [0.15, 0.2) is 0 Å². The molecule has 2 N–H and O–H groups in total. The van der Waals surface area contributed by atoms with Gasteiger partial charge in [-0.25, -0.2) is 0 Å². The van der Waals surface area contributed by atoms with Gasteiger partial charge in [0.2, 0.25) is 0 Å². The van der Waals surface area contributed by atoms with Crippen LogP contribution in [0.2, 0.25) is 0 Å². The summed E-state index contributed by atoms with van der Waals surface area (Å²) in [5.74, 6) is 0.582. The molecular weight excluding hydrogens is 394 g/mol. The summed E-state index contributed by atoms with van der Waals surface area (Å²) in [5.41, 5.74) is 6.51. The molecule has 0 unspecified atom stereocenters. The van der Waals surface area contributed by atoms with E-state index in [0.717, 1.165) is 52.2 Å². The van der Waals surface area contributed by atoms with Crippen molar-refractivity contribution in [3.05, 3.63) is 71.3 Å². The minimum absolute atomic E-state index is 0.170. The minimum atomic E-state index is -0.170. The molecule has 0 aliphatic heterocycles. The van der Waals surface area contributed by atoms with Gasteiger partial charge in [-0.1, -0.05) is 77.4 Å². The number of nitrogens with zero attached hydrogens (tertiary/aromatic N) is 1. The number of aryl methyl sites for hydroxylation is 2. The van der Waals surface area contributed by atoms with Crippen molar-refractivity contribution in [2.24, 2.45) is 0 Å². The Morgan fingerprint density at radius 1 is 0.781 bits per heavy atom. The standard InChI is InChI=1S/C27H33NO2.C2H6/c1-7-14-28(24-17-19(3)16-22(26(24)30)27(4,5)6)23-11-9-8-10-20(23)21-15-18(2)12-13-25(21)29;1-2/h8-13,15-17,29-30H,7,14H2,1-6H3;1-2H3. The van der Waals surface area contributed by atoms with Gasteiger partial charge in [0.1, 0.15) is 11.5 Å².